The van der Waals surface area contributed by atoms with Crippen LogP contribution in [0.3, 0.4) is 0 Å². The fourth-order valence-corrected chi connectivity index (χ4v) is 1.52. The summed E-state index contributed by atoms with van der Waals surface area (Å²) in [6.45, 7) is 2.73. The third kappa shape index (κ3) is 2.16. The van der Waals surface area contributed by atoms with Crippen LogP contribution in [0.2, 0.25) is 0 Å². The molecule has 1 aromatic heterocycles. The smallest absolute Gasteiger partial charge is 0.276 e. The van der Waals surface area contributed by atoms with Crippen molar-refractivity contribution in [1.29, 1.82) is 0 Å². The molecule has 6 nitrogen and oxygen atoms in total. The van der Waals surface area contributed by atoms with Gasteiger partial charge < -0.3 is 19.8 Å². The van der Waals surface area contributed by atoms with Gasteiger partial charge in [-0.05, 0) is 0 Å². The molecule has 2 rings (SSSR count). The third-order valence-corrected chi connectivity index (χ3v) is 2.34. The molecule has 6 heteroatoms. The van der Waals surface area contributed by atoms with Crippen LogP contribution in [0.15, 0.2) is 10.6 Å². The summed E-state index contributed by atoms with van der Waals surface area (Å²) < 4.78 is 4.76. The second-order valence-corrected chi connectivity index (χ2v) is 3.38. The van der Waals surface area contributed by atoms with Crippen LogP contribution in [-0.2, 0) is 6.61 Å². The number of aromatic nitrogens is 1. The van der Waals surface area contributed by atoms with Gasteiger partial charge in [0.1, 0.15) is 6.61 Å². The molecule has 2 heterocycles. The van der Waals surface area contributed by atoms with Crippen molar-refractivity contribution in [2.45, 2.75) is 6.61 Å². The van der Waals surface area contributed by atoms with E-state index < -0.39 is 0 Å². The first-order valence-corrected chi connectivity index (χ1v) is 4.87. The fraction of sp³-hybridized carbons (Fsp3) is 0.556. The van der Waals surface area contributed by atoms with Crippen molar-refractivity contribution in [2.24, 2.45) is 0 Å². The van der Waals surface area contributed by atoms with Gasteiger partial charge in [0.2, 0.25) is 0 Å². The summed E-state index contributed by atoms with van der Waals surface area (Å²) in [5.41, 5.74) is 0.265. The molecular weight excluding hydrogens is 198 g/mol. The van der Waals surface area contributed by atoms with E-state index in [-0.39, 0.29) is 18.2 Å². The van der Waals surface area contributed by atoms with Crippen LogP contribution >= 0.6 is 0 Å². The molecule has 0 bridgehead atoms. The summed E-state index contributed by atoms with van der Waals surface area (Å²) in [5, 5.41) is 15.5. The first-order chi connectivity index (χ1) is 7.31. The van der Waals surface area contributed by atoms with Gasteiger partial charge in [-0.2, -0.15) is 0 Å². The van der Waals surface area contributed by atoms with E-state index in [9.17, 15) is 4.79 Å². The number of aliphatic hydroxyl groups excluding tert-OH is 1. The molecule has 1 saturated heterocycles. The Morgan fingerprint density at radius 3 is 2.93 bits per heavy atom. The molecule has 1 aromatic rings. The van der Waals surface area contributed by atoms with E-state index in [1.54, 1.807) is 4.90 Å². The second-order valence-electron chi connectivity index (χ2n) is 3.38. The molecule has 0 aliphatic carbocycles. The minimum absolute atomic E-state index is 0.139. The van der Waals surface area contributed by atoms with Crippen LogP contribution in [0.1, 0.15) is 16.2 Å². The van der Waals surface area contributed by atoms with Crippen LogP contribution in [0.4, 0.5) is 0 Å². The first-order valence-electron chi connectivity index (χ1n) is 4.87. The fourth-order valence-electron chi connectivity index (χ4n) is 1.52. The molecule has 82 valence electrons. The Kier molecular flexibility index (Phi) is 2.98. The predicted molar refractivity (Wildman–Crippen MR) is 51.2 cm³/mol. The Bertz CT molecular complexity index is 344. The number of aliphatic hydroxyl groups is 1. The number of hydrogen-bond acceptors (Lipinski definition) is 5. The summed E-state index contributed by atoms with van der Waals surface area (Å²) in [6.07, 6.45) is 0. The van der Waals surface area contributed by atoms with Crippen molar-refractivity contribution in [1.82, 2.24) is 15.4 Å². The predicted octanol–water partition coefficient (Wildman–Crippen LogP) is -0.788. The lowest BCUT2D eigenvalue weighted by Gasteiger charge is -2.26. The molecular formula is C9H13N3O3. The highest BCUT2D eigenvalue weighted by atomic mass is 16.5. The van der Waals surface area contributed by atoms with Gasteiger partial charge in [0.15, 0.2) is 11.5 Å². The maximum atomic E-state index is 11.8. The zero-order chi connectivity index (χ0) is 10.7. The molecule has 0 radical (unpaired) electrons. The largest absolute Gasteiger partial charge is 0.388 e. The lowest BCUT2D eigenvalue weighted by Crippen LogP contribution is -2.46. The molecule has 1 aliphatic heterocycles. The molecule has 1 amide bonds. The zero-order valence-electron chi connectivity index (χ0n) is 8.27. The zero-order valence-corrected chi connectivity index (χ0v) is 8.27. The molecule has 0 unspecified atom stereocenters. The Hall–Kier alpha value is -1.40. The topological polar surface area (TPSA) is 78.6 Å². The van der Waals surface area contributed by atoms with E-state index in [0.29, 0.717) is 18.8 Å². The molecule has 15 heavy (non-hydrogen) atoms. The molecule has 0 atom stereocenters. The highest BCUT2D eigenvalue weighted by molar-refractivity contribution is 5.92. The van der Waals surface area contributed by atoms with Crippen molar-refractivity contribution in [2.75, 3.05) is 26.2 Å². The van der Waals surface area contributed by atoms with E-state index >= 15 is 0 Å². The van der Waals surface area contributed by atoms with Crippen LogP contribution in [0.5, 0.6) is 0 Å². The van der Waals surface area contributed by atoms with Crippen LogP contribution in [-0.4, -0.2) is 47.2 Å². The average Bonchev–Trinajstić information content (AvgIpc) is 2.78. The van der Waals surface area contributed by atoms with Gasteiger partial charge in [0.25, 0.3) is 5.91 Å². The minimum atomic E-state index is -0.234. The van der Waals surface area contributed by atoms with Gasteiger partial charge in [-0.15, -0.1) is 0 Å². The van der Waals surface area contributed by atoms with Crippen molar-refractivity contribution in [3.8, 4) is 0 Å². The Morgan fingerprint density at radius 2 is 2.33 bits per heavy atom. The summed E-state index contributed by atoms with van der Waals surface area (Å²) in [4.78, 5) is 13.5. The number of carbonyl (C=O) groups excluding carboxylic acids is 1. The highest BCUT2D eigenvalue weighted by Crippen LogP contribution is 2.07. The summed E-state index contributed by atoms with van der Waals surface area (Å²) in [7, 11) is 0. The quantitative estimate of drug-likeness (QED) is 0.670. The Balaban J connectivity index is 2.05. The number of rotatable bonds is 2. The van der Waals surface area contributed by atoms with Crippen molar-refractivity contribution >= 4 is 5.91 Å². The standard InChI is InChI=1S/C9H13N3O3/c13-6-7-5-8(11-15-7)9(14)12-3-1-10-2-4-12/h5,10,13H,1-4,6H2. The number of piperazine rings is 1. The van der Waals surface area contributed by atoms with E-state index in [0.717, 1.165) is 13.1 Å². The second kappa shape index (κ2) is 4.41. The van der Waals surface area contributed by atoms with E-state index in [4.69, 9.17) is 9.63 Å². The first kappa shape index (κ1) is 10.1. The molecule has 0 aromatic carbocycles. The van der Waals surface area contributed by atoms with E-state index in [1.807, 2.05) is 0 Å². The minimum Gasteiger partial charge on any atom is -0.388 e. The number of nitrogens with one attached hydrogen (secondary N) is 1. The molecule has 1 fully saturated rings. The monoisotopic (exact) mass is 211 g/mol. The third-order valence-electron chi connectivity index (χ3n) is 2.34. The van der Waals surface area contributed by atoms with Crippen molar-refractivity contribution in [3.63, 3.8) is 0 Å². The average molecular weight is 211 g/mol. The molecule has 2 N–H and O–H groups in total. The lowest BCUT2D eigenvalue weighted by molar-refractivity contribution is 0.0725. The van der Waals surface area contributed by atoms with Gasteiger partial charge in [-0.3, -0.25) is 4.79 Å². The number of amides is 1. The Morgan fingerprint density at radius 1 is 1.60 bits per heavy atom. The highest BCUT2D eigenvalue weighted by Gasteiger charge is 2.20. The van der Waals surface area contributed by atoms with Crippen LogP contribution in [0.25, 0.3) is 0 Å². The Labute approximate surface area is 86.8 Å². The van der Waals surface area contributed by atoms with Crippen LogP contribution in [0, 0.1) is 0 Å². The molecule has 0 spiro atoms. The summed E-state index contributed by atoms with van der Waals surface area (Å²) in [5.74, 6) is 0.174. The molecule has 0 saturated carbocycles. The summed E-state index contributed by atoms with van der Waals surface area (Å²) in [6, 6.07) is 1.48. The molecule has 1 aliphatic rings. The van der Waals surface area contributed by atoms with Crippen molar-refractivity contribution < 1.29 is 14.4 Å². The van der Waals surface area contributed by atoms with Gasteiger partial charge in [-0.1, -0.05) is 5.16 Å². The lowest BCUT2D eigenvalue weighted by atomic mass is 10.3. The van der Waals surface area contributed by atoms with Gasteiger partial charge >= 0.3 is 0 Å². The van der Waals surface area contributed by atoms with E-state index in [2.05, 4.69) is 10.5 Å². The SMILES string of the molecule is O=C(c1cc(CO)on1)N1CCNCC1. The maximum absolute atomic E-state index is 11.8. The van der Waals surface area contributed by atoms with Gasteiger partial charge in [-0.25, -0.2) is 0 Å². The van der Waals surface area contributed by atoms with Gasteiger partial charge in [0.05, 0.1) is 0 Å². The number of carbonyl (C=O) groups is 1. The summed E-state index contributed by atoms with van der Waals surface area (Å²) >= 11 is 0. The van der Waals surface area contributed by atoms with Crippen LogP contribution < -0.4 is 5.32 Å². The van der Waals surface area contributed by atoms with Gasteiger partial charge in [0, 0.05) is 32.2 Å². The normalized spacial score (nSPS) is 16.7. The number of nitrogens with zero attached hydrogens (tertiary/aromatic N) is 2. The number of hydrogen-bond donors (Lipinski definition) is 2. The maximum Gasteiger partial charge on any atom is 0.276 e. The van der Waals surface area contributed by atoms with E-state index in [1.165, 1.54) is 6.07 Å². The van der Waals surface area contributed by atoms with Crippen molar-refractivity contribution in [3.05, 3.63) is 17.5 Å².